The van der Waals surface area contributed by atoms with Crippen LogP contribution in [0.2, 0.25) is 0 Å². The number of pyridine rings is 1. The maximum atomic E-state index is 5.34. The maximum absolute atomic E-state index is 5.34. The first kappa shape index (κ1) is 16.2. The minimum Gasteiger partial charge on any atom is -1.00 e. The molecule has 0 N–H and O–H groups in total. The summed E-state index contributed by atoms with van der Waals surface area (Å²) in [6.07, 6.45) is 6.15. The molecule has 0 amide bonds. The van der Waals surface area contributed by atoms with Crippen molar-refractivity contribution in [2.75, 3.05) is 7.11 Å². The molecule has 2 rings (SSSR count). The fraction of sp³-hybridized carbons (Fsp3) is 0.133. The van der Waals surface area contributed by atoms with E-state index in [0.29, 0.717) is 0 Å². The van der Waals surface area contributed by atoms with Crippen LogP contribution in [0.25, 0.3) is 12.2 Å². The fourth-order valence-corrected chi connectivity index (χ4v) is 2.10. The van der Waals surface area contributed by atoms with Crippen LogP contribution in [0.1, 0.15) is 11.3 Å². The lowest BCUT2D eigenvalue weighted by Gasteiger charge is -2.04. The predicted molar refractivity (Wildman–Crippen MR) is 77.2 cm³/mol. The Morgan fingerprint density at radius 2 is 1.95 bits per heavy atom. The van der Waals surface area contributed by atoms with Gasteiger partial charge in [-0.3, -0.25) is 0 Å². The number of rotatable bonds is 3. The summed E-state index contributed by atoms with van der Waals surface area (Å²) in [5.41, 5.74) is 2.19. The second-order valence-electron chi connectivity index (χ2n) is 3.96. The van der Waals surface area contributed by atoms with Gasteiger partial charge in [-0.05, 0) is 30.3 Å². The maximum Gasteiger partial charge on any atom is 0.204 e. The van der Waals surface area contributed by atoms with E-state index < -0.39 is 0 Å². The predicted octanol–water partition coefficient (Wildman–Crippen LogP) is 0.457. The summed E-state index contributed by atoms with van der Waals surface area (Å²) in [6.45, 7) is 0. The molecule has 0 spiro atoms. The average Bonchev–Trinajstić information content (AvgIpc) is 2.38. The van der Waals surface area contributed by atoms with Gasteiger partial charge in [0, 0.05) is 28.2 Å². The molecule has 0 bridgehead atoms. The first-order valence-corrected chi connectivity index (χ1v) is 6.46. The third-order valence-electron chi connectivity index (χ3n) is 2.72. The molecule has 0 saturated heterocycles. The van der Waals surface area contributed by atoms with Crippen molar-refractivity contribution in [3.8, 4) is 5.75 Å². The molecule has 0 saturated carbocycles. The largest absolute Gasteiger partial charge is 1.00 e. The number of nitrogens with zero attached hydrogens (tertiary/aromatic N) is 1. The molecule has 19 heavy (non-hydrogen) atoms. The highest BCUT2D eigenvalue weighted by Crippen LogP contribution is 2.24. The molecule has 1 heterocycles. The van der Waals surface area contributed by atoms with Crippen LogP contribution in [-0.4, -0.2) is 7.11 Å². The van der Waals surface area contributed by atoms with Gasteiger partial charge < -0.3 is 28.7 Å². The van der Waals surface area contributed by atoms with E-state index in [-0.39, 0.29) is 24.0 Å². The van der Waals surface area contributed by atoms with Gasteiger partial charge in [0.2, 0.25) is 5.69 Å². The quantitative estimate of drug-likeness (QED) is 0.508. The van der Waals surface area contributed by atoms with Gasteiger partial charge in [0.05, 0.1) is 7.11 Å². The van der Waals surface area contributed by atoms with Crippen LogP contribution >= 0.6 is 15.9 Å². The molecule has 0 atom stereocenters. The second kappa shape index (κ2) is 7.65. The summed E-state index contributed by atoms with van der Waals surface area (Å²) < 4.78 is 8.45. The van der Waals surface area contributed by atoms with E-state index in [1.165, 1.54) is 0 Å². The minimum absolute atomic E-state index is 0. The zero-order chi connectivity index (χ0) is 13.0. The topological polar surface area (TPSA) is 13.1 Å². The van der Waals surface area contributed by atoms with Gasteiger partial charge in [-0.2, -0.15) is 0 Å². The van der Waals surface area contributed by atoms with Gasteiger partial charge in [-0.15, -0.1) is 0 Å². The molecule has 2 aromatic rings. The number of halogens is 2. The lowest BCUT2D eigenvalue weighted by atomic mass is 10.1. The molecule has 0 aliphatic heterocycles. The van der Waals surface area contributed by atoms with Crippen molar-refractivity contribution < 1.29 is 33.3 Å². The van der Waals surface area contributed by atoms with Crippen molar-refractivity contribution in [3.63, 3.8) is 0 Å². The molecular weight excluding hydrogens is 417 g/mol. The Bertz CT molecular complexity index is 584. The first-order chi connectivity index (χ1) is 8.70. The van der Waals surface area contributed by atoms with E-state index in [1.54, 1.807) is 7.11 Å². The van der Waals surface area contributed by atoms with Crippen LogP contribution in [0.15, 0.2) is 47.1 Å². The standard InChI is InChI=1S/C15H15BrNO.HI/c1-17-10-4-3-5-14(17)8-6-12-11-13(16)7-9-15(12)18-2;/h3-11H,1-2H3;1H/q+1;/p-1/b8-6+;. The van der Waals surface area contributed by atoms with E-state index in [2.05, 4.69) is 38.7 Å². The fourth-order valence-electron chi connectivity index (χ4n) is 1.72. The average molecular weight is 432 g/mol. The summed E-state index contributed by atoms with van der Waals surface area (Å²) in [5, 5.41) is 0. The number of aromatic nitrogens is 1. The van der Waals surface area contributed by atoms with Crippen LogP contribution in [0.4, 0.5) is 0 Å². The molecule has 0 unspecified atom stereocenters. The van der Waals surface area contributed by atoms with Crippen molar-refractivity contribution in [2.45, 2.75) is 0 Å². The number of benzene rings is 1. The number of hydrogen-bond acceptors (Lipinski definition) is 1. The summed E-state index contributed by atoms with van der Waals surface area (Å²) >= 11 is 3.47. The van der Waals surface area contributed by atoms with Gasteiger partial charge in [0.15, 0.2) is 6.20 Å². The molecule has 0 radical (unpaired) electrons. The van der Waals surface area contributed by atoms with Crippen LogP contribution < -0.4 is 33.3 Å². The number of ether oxygens (including phenoxy) is 1. The van der Waals surface area contributed by atoms with Crippen LogP contribution in [0.5, 0.6) is 5.75 Å². The molecule has 2 nitrogen and oxygen atoms in total. The van der Waals surface area contributed by atoms with Crippen LogP contribution in [-0.2, 0) is 7.05 Å². The van der Waals surface area contributed by atoms with Gasteiger partial charge in [-0.1, -0.05) is 15.9 Å². The molecular formula is C15H15BrINO. The summed E-state index contributed by atoms with van der Waals surface area (Å²) in [6, 6.07) is 12.1. The van der Waals surface area contributed by atoms with Crippen molar-refractivity contribution >= 4 is 28.1 Å². The Balaban J connectivity index is 0.00000180. The molecule has 100 valence electrons. The second-order valence-corrected chi connectivity index (χ2v) is 4.87. The van der Waals surface area contributed by atoms with E-state index in [9.17, 15) is 0 Å². The lowest BCUT2D eigenvalue weighted by Crippen LogP contribution is -3.00. The molecule has 0 fully saturated rings. The van der Waals surface area contributed by atoms with Crippen molar-refractivity contribution in [3.05, 3.63) is 58.3 Å². The van der Waals surface area contributed by atoms with E-state index in [1.807, 2.05) is 43.6 Å². The van der Waals surface area contributed by atoms with Crippen molar-refractivity contribution in [1.82, 2.24) is 0 Å². The number of hydrogen-bond donors (Lipinski definition) is 0. The number of methoxy groups -OCH3 is 1. The molecule has 0 aliphatic carbocycles. The van der Waals surface area contributed by atoms with Gasteiger partial charge >= 0.3 is 0 Å². The summed E-state index contributed by atoms with van der Waals surface area (Å²) in [5.74, 6) is 0.869. The monoisotopic (exact) mass is 431 g/mol. The molecule has 1 aromatic heterocycles. The molecule has 1 aromatic carbocycles. The van der Waals surface area contributed by atoms with E-state index in [4.69, 9.17) is 4.74 Å². The third-order valence-corrected chi connectivity index (χ3v) is 3.21. The van der Waals surface area contributed by atoms with E-state index >= 15 is 0 Å². The molecule has 4 heteroatoms. The van der Waals surface area contributed by atoms with Crippen LogP contribution in [0, 0.1) is 0 Å². The van der Waals surface area contributed by atoms with Gasteiger partial charge in [0.1, 0.15) is 12.8 Å². The third kappa shape index (κ3) is 4.31. The normalized spacial score (nSPS) is 10.3. The zero-order valence-electron chi connectivity index (χ0n) is 10.8. The summed E-state index contributed by atoms with van der Waals surface area (Å²) in [7, 11) is 3.71. The van der Waals surface area contributed by atoms with Crippen molar-refractivity contribution in [1.29, 1.82) is 0 Å². The Labute approximate surface area is 139 Å². The highest BCUT2D eigenvalue weighted by molar-refractivity contribution is 9.10. The highest BCUT2D eigenvalue weighted by atomic mass is 127. The Morgan fingerprint density at radius 1 is 1.16 bits per heavy atom. The number of aryl methyl sites for hydroxylation is 1. The minimum atomic E-state index is 0. The zero-order valence-corrected chi connectivity index (χ0v) is 14.6. The SMILES string of the molecule is COc1ccc(Br)cc1/C=C/c1cccc[n+]1C.[I-]. The Hall–Kier alpha value is -0.880. The van der Waals surface area contributed by atoms with Crippen LogP contribution in [0.3, 0.4) is 0 Å². The van der Waals surface area contributed by atoms with Gasteiger partial charge in [-0.25, -0.2) is 4.57 Å². The van der Waals surface area contributed by atoms with Crippen molar-refractivity contribution in [2.24, 2.45) is 7.05 Å². The lowest BCUT2D eigenvalue weighted by molar-refractivity contribution is -0.673. The van der Waals surface area contributed by atoms with Gasteiger partial charge in [0.25, 0.3) is 0 Å². The van der Waals surface area contributed by atoms with E-state index in [0.717, 1.165) is 21.5 Å². The Morgan fingerprint density at radius 3 is 2.63 bits per heavy atom. The molecule has 0 aliphatic rings. The first-order valence-electron chi connectivity index (χ1n) is 5.67. The Kier molecular flexibility index (Phi) is 6.51. The smallest absolute Gasteiger partial charge is 0.204 e. The highest BCUT2D eigenvalue weighted by Gasteiger charge is 2.02. The summed E-state index contributed by atoms with van der Waals surface area (Å²) in [4.78, 5) is 0.